The Bertz CT molecular complexity index is 1080. The van der Waals surface area contributed by atoms with E-state index >= 15 is 0 Å². The zero-order valence-electron chi connectivity index (χ0n) is 21.5. The molecule has 0 aromatic heterocycles. The molecule has 35 heavy (non-hydrogen) atoms. The van der Waals surface area contributed by atoms with Crippen LogP contribution in [-0.2, 0) is 21.6 Å². The first-order valence-electron chi connectivity index (χ1n) is 12.0. The van der Waals surface area contributed by atoms with Crippen LogP contribution in [0, 0.1) is 0 Å². The number of rotatable bonds is 9. The highest BCUT2D eigenvalue weighted by Crippen LogP contribution is 2.35. The van der Waals surface area contributed by atoms with Gasteiger partial charge in [-0.3, -0.25) is 0 Å². The first kappa shape index (κ1) is 26.1. The van der Waals surface area contributed by atoms with Crippen molar-refractivity contribution in [2.45, 2.75) is 65.0 Å². The quantitative estimate of drug-likeness (QED) is 0.460. The first-order chi connectivity index (χ1) is 16.7. The molecule has 0 radical (unpaired) electrons. The lowest BCUT2D eigenvalue weighted by molar-refractivity contribution is -0.136. The molecule has 2 N–H and O–H groups in total. The van der Waals surface area contributed by atoms with E-state index < -0.39 is 12.0 Å². The van der Waals surface area contributed by atoms with Gasteiger partial charge in [0.05, 0.1) is 25.8 Å². The maximum atomic E-state index is 12.7. The van der Waals surface area contributed by atoms with Crippen LogP contribution in [0.1, 0.15) is 69.7 Å². The van der Waals surface area contributed by atoms with Crippen LogP contribution in [0.5, 0.6) is 11.5 Å². The summed E-state index contributed by atoms with van der Waals surface area (Å²) < 4.78 is 16.7. The molecule has 7 nitrogen and oxygen atoms in total. The summed E-state index contributed by atoms with van der Waals surface area (Å²) in [7, 11) is 2.90. The summed E-state index contributed by atoms with van der Waals surface area (Å²) in [6.07, 6.45) is 2.36. The van der Waals surface area contributed by atoms with Crippen molar-refractivity contribution < 1.29 is 23.8 Å². The van der Waals surface area contributed by atoms with Gasteiger partial charge in [0.1, 0.15) is 6.61 Å². The number of unbranched alkanes of at least 4 members (excludes halogenated alkanes) is 1. The molecule has 7 heteroatoms. The first-order valence-corrected chi connectivity index (χ1v) is 12.0. The summed E-state index contributed by atoms with van der Waals surface area (Å²) in [6, 6.07) is 12.8. The predicted octanol–water partition coefficient (Wildman–Crippen LogP) is 5.54. The van der Waals surface area contributed by atoms with Crippen LogP contribution in [0.3, 0.4) is 0 Å². The van der Waals surface area contributed by atoms with Gasteiger partial charge in [0, 0.05) is 5.70 Å². The number of benzene rings is 2. The molecule has 1 aliphatic heterocycles. The van der Waals surface area contributed by atoms with Gasteiger partial charge in [0.2, 0.25) is 0 Å². The van der Waals surface area contributed by atoms with Gasteiger partial charge in [0.25, 0.3) is 0 Å². The van der Waals surface area contributed by atoms with Crippen molar-refractivity contribution in [3.05, 3.63) is 70.4 Å². The van der Waals surface area contributed by atoms with Crippen molar-refractivity contribution in [1.82, 2.24) is 10.6 Å². The van der Waals surface area contributed by atoms with Gasteiger partial charge in [0.15, 0.2) is 11.5 Å². The highest BCUT2D eigenvalue weighted by molar-refractivity contribution is 5.95. The fourth-order valence-electron chi connectivity index (χ4n) is 4.01. The monoisotopic (exact) mass is 480 g/mol. The molecule has 2 amide bonds. The largest absolute Gasteiger partial charge is 0.493 e. The molecule has 0 saturated heterocycles. The van der Waals surface area contributed by atoms with Gasteiger partial charge in [-0.1, -0.05) is 64.4 Å². The van der Waals surface area contributed by atoms with Crippen LogP contribution in [-0.4, -0.2) is 26.2 Å². The average molecular weight is 481 g/mol. The summed E-state index contributed by atoms with van der Waals surface area (Å²) in [5.41, 5.74) is 4.09. The Balaban J connectivity index is 1.85. The molecule has 1 aliphatic rings. The molecule has 188 valence electrons. The third-order valence-electron chi connectivity index (χ3n) is 6.07. The second kappa shape index (κ2) is 11.3. The standard InChI is InChI=1S/C28H36N2O5/c1-7-8-9-21-24(26(31)34-6)25(30-27(32)29-21)19-12-15-22(23(16-19)33-5)35-17-18-10-13-20(14-11-18)28(2,3)4/h10-16,25H,7-9,17H2,1-6H3,(H2,29,30,32). The van der Waals surface area contributed by atoms with Crippen LogP contribution in [0.4, 0.5) is 4.79 Å². The van der Waals surface area contributed by atoms with Crippen LogP contribution in [0.25, 0.3) is 0 Å². The van der Waals surface area contributed by atoms with E-state index in [9.17, 15) is 9.59 Å². The number of allylic oxidation sites excluding steroid dienone is 1. The Morgan fingerprint density at radius 2 is 1.74 bits per heavy atom. The zero-order chi connectivity index (χ0) is 25.6. The minimum absolute atomic E-state index is 0.0936. The Morgan fingerprint density at radius 1 is 1.03 bits per heavy atom. The van der Waals surface area contributed by atoms with Crippen LogP contribution in [0.15, 0.2) is 53.7 Å². The second-order valence-corrected chi connectivity index (χ2v) is 9.66. The molecule has 0 fully saturated rings. The minimum atomic E-state index is -0.657. The molecular weight excluding hydrogens is 444 g/mol. The van der Waals surface area contributed by atoms with Crippen molar-refractivity contribution >= 4 is 12.0 Å². The summed E-state index contributed by atoms with van der Waals surface area (Å²) >= 11 is 0. The number of ether oxygens (including phenoxy) is 3. The molecule has 3 rings (SSSR count). The van der Waals surface area contributed by atoms with Gasteiger partial charge in [-0.15, -0.1) is 0 Å². The SMILES string of the molecule is CCCCC1=C(C(=O)OC)C(c2ccc(OCc3ccc(C(C)(C)C)cc3)c(OC)c2)NC(=O)N1. The van der Waals surface area contributed by atoms with Crippen molar-refractivity contribution in [1.29, 1.82) is 0 Å². The number of urea groups is 1. The number of carbonyl (C=O) groups is 2. The zero-order valence-corrected chi connectivity index (χ0v) is 21.5. The average Bonchev–Trinajstić information content (AvgIpc) is 2.85. The number of hydrogen-bond acceptors (Lipinski definition) is 5. The maximum Gasteiger partial charge on any atom is 0.337 e. The Morgan fingerprint density at radius 3 is 2.34 bits per heavy atom. The molecular formula is C28H36N2O5. The van der Waals surface area contributed by atoms with E-state index in [1.54, 1.807) is 19.2 Å². The summed E-state index contributed by atoms with van der Waals surface area (Å²) in [6.45, 7) is 9.00. The summed E-state index contributed by atoms with van der Waals surface area (Å²) in [5, 5.41) is 5.63. The molecule has 0 bridgehead atoms. The van der Waals surface area contributed by atoms with E-state index in [4.69, 9.17) is 14.2 Å². The second-order valence-electron chi connectivity index (χ2n) is 9.66. The minimum Gasteiger partial charge on any atom is -0.493 e. The van der Waals surface area contributed by atoms with Gasteiger partial charge >= 0.3 is 12.0 Å². The molecule has 2 aromatic rings. The fourth-order valence-corrected chi connectivity index (χ4v) is 4.01. The molecule has 0 saturated carbocycles. The summed E-state index contributed by atoms with van der Waals surface area (Å²) in [5.74, 6) is 0.610. The van der Waals surface area contributed by atoms with E-state index in [1.807, 2.05) is 6.07 Å². The van der Waals surface area contributed by atoms with Crippen molar-refractivity contribution in [3.8, 4) is 11.5 Å². The van der Waals surface area contributed by atoms with Crippen LogP contribution < -0.4 is 20.1 Å². The number of nitrogens with one attached hydrogen (secondary N) is 2. The molecule has 0 aliphatic carbocycles. The molecule has 2 aromatic carbocycles. The Kier molecular flexibility index (Phi) is 8.43. The predicted molar refractivity (Wildman–Crippen MR) is 135 cm³/mol. The van der Waals surface area contributed by atoms with E-state index in [0.29, 0.717) is 41.4 Å². The number of hydrogen-bond donors (Lipinski definition) is 2. The number of esters is 1. The molecule has 1 atom stereocenters. The topological polar surface area (TPSA) is 85.9 Å². The smallest absolute Gasteiger partial charge is 0.337 e. The van der Waals surface area contributed by atoms with Gasteiger partial charge in [-0.25, -0.2) is 9.59 Å². The lowest BCUT2D eigenvalue weighted by Gasteiger charge is -2.29. The van der Waals surface area contributed by atoms with E-state index in [-0.39, 0.29) is 11.4 Å². The number of methoxy groups -OCH3 is 2. The summed E-state index contributed by atoms with van der Waals surface area (Å²) in [4.78, 5) is 25.0. The third kappa shape index (κ3) is 6.35. The molecule has 1 heterocycles. The maximum absolute atomic E-state index is 12.7. The van der Waals surface area contributed by atoms with Crippen molar-refractivity contribution in [2.75, 3.05) is 14.2 Å². The Labute approximate surface area is 207 Å². The van der Waals surface area contributed by atoms with E-state index in [1.165, 1.54) is 12.7 Å². The van der Waals surface area contributed by atoms with Crippen molar-refractivity contribution in [3.63, 3.8) is 0 Å². The van der Waals surface area contributed by atoms with E-state index in [2.05, 4.69) is 62.6 Å². The normalized spacial score (nSPS) is 15.8. The fraction of sp³-hybridized carbons (Fsp3) is 0.429. The lowest BCUT2D eigenvalue weighted by Crippen LogP contribution is -2.45. The van der Waals surface area contributed by atoms with Crippen molar-refractivity contribution in [2.24, 2.45) is 0 Å². The van der Waals surface area contributed by atoms with Crippen LogP contribution >= 0.6 is 0 Å². The van der Waals surface area contributed by atoms with Gasteiger partial charge < -0.3 is 24.8 Å². The van der Waals surface area contributed by atoms with E-state index in [0.717, 1.165) is 18.4 Å². The number of carbonyl (C=O) groups excluding carboxylic acids is 2. The van der Waals surface area contributed by atoms with Gasteiger partial charge in [-0.2, -0.15) is 0 Å². The number of amides is 2. The van der Waals surface area contributed by atoms with Gasteiger partial charge in [-0.05, 0) is 47.1 Å². The molecule has 1 unspecified atom stereocenters. The van der Waals surface area contributed by atoms with Crippen LogP contribution in [0.2, 0.25) is 0 Å². The highest BCUT2D eigenvalue weighted by atomic mass is 16.5. The molecule has 0 spiro atoms. The third-order valence-corrected chi connectivity index (χ3v) is 6.07. The highest BCUT2D eigenvalue weighted by Gasteiger charge is 2.33. The lowest BCUT2D eigenvalue weighted by atomic mass is 9.87. The Hall–Kier alpha value is -3.48.